The van der Waals surface area contributed by atoms with Gasteiger partial charge in [-0.2, -0.15) is 5.26 Å². The van der Waals surface area contributed by atoms with E-state index in [1.54, 1.807) is 13.0 Å². The Morgan fingerprint density at radius 3 is 2.71 bits per heavy atom. The largest absolute Gasteiger partial charge is 0.385 e. The van der Waals surface area contributed by atoms with Gasteiger partial charge in [0.15, 0.2) is 0 Å². The third kappa shape index (κ3) is 4.07. The van der Waals surface area contributed by atoms with Crippen molar-refractivity contribution in [2.45, 2.75) is 39.5 Å². The molecular formula is C14H19FN2. The molecule has 0 spiro atoms. The first kappa shape index (κ1) is 13.5. The van der Waals surface area contributed by atoms with Crippen molar-refractivity contribution in [3.63, 3.8) is 0 Å². The van der Waals surface area contributed by atoms with Crippen molar-refractivity contribution >= 4 is 5.69 Å². The van der Waals surface area contributed by atoms with E-state index in [9.17, 15) is 4.39 Å². The Balaban J connectivity index is 2.58. The maximum Gasteiger partial charge on any atom is 0.129 e. The summed E-state index contributed by atoms with van der Waals surface area (Å²) in [7, 11) is 0. The summed E-state index contributed by atoms with van der Waals surface area (Å²) in [4.78, 5) is 0. The van der Waals surface area contributed by atoms with E-state index in [1.807, 2.05) is 6.07 Å². The number of nitrogens with zero attached hydrogens (tertiary/aromatic N) is 1. The van der Waals surface area contributed by atoms with Gasteiger partial charge in [-0.1, -0.05) is 26.2 Å². The van der Waals surface area contributed by atoms with E-state index in [-0.39, 0.29) is 5.82 Å². The van der Waals surface area contributed by atoms with Crippen LogP contribution in [0.15, 0.2) is 12.1 Å². The summed E-state index contributed by atoms with van der Waals surface area (Å²) >= 11 is 0. The Bertz CT molecular complexity index is 407. The molecular weight excluding hydrogens is 215 g/mol. The maximum atomic E-state index is 13.5. The van der Waals surface area contributed by atoms with E-state index in [0.717, 1.165) is 18.7 Å². The van der Waals surface area contributed by atoms with Crippen LogP contribution in [0.5, 0.6) is 0 Å². The van der Waals surface area contributed by atoms with Crippen LogP contribution in [0.25, 0.3) is 0 Å². The van der Waals surface area contributed by atoms with Gasteiger partial charge in [0.25, 0.3) is 0 Å². The molecule has 2 nitrogen and oxygen atoms in total. The lowest BCUT2D eigenvalue weighted by Gasteiger charge is -2.10. The quantitative estimate of drug-likeness (QED) is 0.755. The molecule has 0 bridgehead atoms. The molecule has 0 saturated heterocycles. The standard InChI is InChI=1S/C14H19FN2/c1-3-4-5-6-7-17-14-9-12(10-16)8-13(15)11(14)2/h8-9,17H,3-7H2,1-2H3. The normalized spacial score (nSPS) is 10.0. The van der Waals surface area contributed by atoms with E-state index in [0.29, 0.717) is 11.1 Å². The molecule has 0 saturated carbocycles. The molecule has 0 fully saturated rings. The van der Waals surface area contributed by atoms with Gasteiger partial charge in [-0.25, -0.2) is 4.39 Å². The summed E-state index contributed by atoms with van der Waals surface area (Å²) in [5.41, 5.74) is 1.68. The lowest BCUT2D eigenvalue weighted by Crippen LogP contribution is -2.04. The Kier molecular flexibility index (Phi) is 5.48. The molecule has 3 heteroatoms. The fourth-order valence-electron chi connectivity index (χ4n) is 1.70. The van der Waals surface area contributed by atoms with E-state index in [2.05, 4.69) is 12.2 Å². The van der Waals surface area contributed by atoms with Gasteiger partial charge >= 0.3 is 0 Å². The molecule has 0 aliphatic carbocycles. The molecule has 0 amide bonds. The van der Waals surface area contributed by atoms with E-state index in [1.165, 1.54) is 25.3 Å². The number of benzene rings is 1. The molecule has 0 radical (unpaired) electrons. The number of halogens is 1. The van der Waals surface area contributed by atoms with Crippen LogP contribution in [0.3, 0.4) is 0 Å². The number of hydrogen-bond donors (Lipinski definition) is 1. The molecule has 1 aromatic rings. The van der Waals surface area contributed by atoms with Crippen LogP contribution in [0, 0.1) is 24.1 Å². The smallest absolute Gasteiger partial charge is 0.129 e. The SMILES string of the molecule is CCCCCCNc1cc(C#N)cc(F)c1C. The minimum Gasteiger partial charge on any atom is -0.385 e. The van der Waals surface area contributed by atoms with Crippen molar-refractivity contribution in [2.24, 2.45) is 0 Å². The van der Waals surface area contributed by atoms with Gasteiger partial charge in [-0.15, -0.1) is 0 Å². The van der Waals surface area contributed by atoms with Gasteiger partial charge in [0.1, 0.15) is 5.82 Å². The van der Waals surface area contributed by atoms with Crippen LogP contribution >= 0.6 is 0 Å². The highest BCUT2D eigenvalue weighted by molar-refractivity contribution is 5.55. The third-order valence-corrected chi connectivity index (χ3v) is 2.82. The zero-order valence-corrected chi connectivity index (χ0v) is 10.5. The maximum absolute atomic E-state index is 13.5. The summed E-state index contributed by atoms with van der Waals surface area (Å²) in [6.45, 7) is 4.73. The molecule has 1 aromatic carbocycles. The third-order valence-electron chi connectivity index (χ3n) is 2.82. The van der Waals surface area contributed by atoms with Crippen LogP contribution in [0.4, 0.5) is 10.1 Å². The van der Waals surface area contributed by atoms with Crippen molar-refractivity contribution in [3.05, 3.63) is 29.1 Å². The Morgan fingerprint density at radius 2 is 2.06 bits per heavy atom. The predicted octanol–water partition coefficient (Wildman–Crippen LogP) is 4.00. The number of nitrogens with one attached hydrogen (secondary N) is 1. The molecule has 1 rings (SSSR count). The lowest BCUT2D eigenvalue weighted by molar-refractivity contribution is 0.618. The van der Waals surface area contributed by atoms with Crippen molar-refractivity contribution < 1.29 is 4.39 Å². The zero-order chi connectivity index (χ0) is 12.7. The van der Waals surface area contributed by atoms with Crippen molar-refractivity contribution in [3.8, 4) is 6.07 Å². The topological polar surface area (TPSA) is 35.8 Å². The van der Waals surface area contributed by atoms with Gasteiger partial charge in [-0.05, 0) is 25.5 Å². The van der Waals surface area contributed by atoms with Gasteiger partial charge in [0.05, 0.1) is 11.6 Å². The molecule has 92 valence electrons. The van der Waals surface area contributed by atoms with Crippen molar-refractivity contribution in [2.75, 3.05) is 11.9 Å². The Morgan fingerprint density at radius 1 is 1.29 bits per heavy atom. The second kappa shape index (κ2) is 6.90. The number of rotatable bonds is 6. The summed E-state index contributed by atoms with van der Waals surface area (Å²) in [6, 6.07) is 4.95. The summed E-state index contributed by atoms with van der Waals surface area (Å²) in [6.07, 6.45) is 4.69. The molecule has 0 aliphatic rings. The highest BCUT2D eigenvalue weighted by Gasteiger charge is 2.06. The predicted molar refractivity (Wildman–Crippen MR) is 68.5 cm³/mol. The Hall–Kier alpha value is -1.56. The van der Waals surface area contributed by atoms with Gasteiger partial charge in [-0.3, -0.25) is 0 Å². The average Bonchev–Trinajstić information content (AvgIpc) is 2.33. The first-order valence-electron chi connectivity index (χ1n) is 6.13. The van der Waals surface area contributed by atoms with E-state index in [4.69, 9.17) is 5.26 Å². The average molecular weight is 234 g/mol. The number of unbranched alkanes of at least 4 members (excludes halogenated alkanes) is 3. The second-order valence-corrected chi connectivity index (χ2v) is 4.23. The highest BCUT2D eigenvalue weighted by Crippen LogP contribution is 2.20. The molecule has 0 unspecified atom stereocenters. The van der Waals surface area contributed by atoms with E-state index >= 15 is 0 Å². The minimum absolute atomic E-state index is 0.319. The summed E-state index contributed by atoms with van der Waals surface area (Å²) in [5.74, 6) is -0.319. The summed E-state index contributed by atoms with van der Waals surface area (Å²) < 4.78 is 13.5. The van der Waals surface area contributed by atoms with Crippen LogP contribution in [0.2, 0.25) is 0 Å². The summed E-state index contributed by atoms with van der Waals surface area (Å²) in [5, 5.41) is 12.0. The molecule has 1 N–H and O–H groups in total. The molecule has 0 aromatic heterocycles. The van der Waals surface area contributed by atoms with Crippen LogP contribution in [0.1, 0.15) is 43.7 Å². The van der Waals surface area contributed by atoms with Crippen LogP contribution < -0.4 is 5.32 Å². The molecule has 0 heterocycles. The number of hydrogen-bond acceptors (Lipinski definition) is 2. The van der Waals surface area contributed by atoms with Crippen LogP contribution in [-0.4, -0.2) is 6.54 Å². The first-order valence-corrected chi connectivity index (χ1v) is 6.13. The second-order valence-electron chi connectivity index (χ2n) is 4.23. The van der Waals surface area contributed by atoms with E-state index < -0.39 is 0 Å². The number of anilines is 1. The van der Waals surface area contributed by atoms with Crippen molar-refractivity contribution in [1.82, 2.24) is 0 Å². The minimum atomic E-state index is -0.319. The number of nitriles is 1. The molecule has 0 aliphatic heterocycles. The molecule has 0 atom stereocenters. The van der Waals surface area contributed by atoms with Gasteiger partial charge in [0.2, 0.25) is 0 Å². The fraction of sp³-hybridized carbons (Fsp3) is 0.500. The lowest BCUT2D eigenvalue weighted by atomic mass is 10.1. The van der Waals surface area contributed by atoms with Crippen LogP contribution in [-0.2, 0) is 0 Å². The fourth-order valence-corrected chi connectivity index (χ4v) is 1.70. The molecule has 17 heavy (non-hydrogen) atoms. The first-order chi connectivity index (χ1) is 8.19. The zero-order valence-electron chi connectivity index (χ0n) is 10.5. The van der Waals surface area contributed by atoms with Crippen molar-refractivity contribution in [1.29, 1.82) is 5.26 Å². The highest BCUT2D eigenvalue weighted by atomic mass is 19.1. The Labute approximate surface area is 102 Å². The monoisotopic (exact) mass is 234 g/mol. The van der Waals surface area contributed by atoms with Gasteiger partial charge in [0, 0.05) is 17.8 Å². The van der Waals surface area contributed by atoms with Gasteiger partial charge < -0.3 is 5.32 Å².